The fourth-order valence-corrected chi connectivity index (χ4v) is 8.79. The first-order valence-corrected chi connectivity index (χ1v) is 18.3. The number of fused-ring (bicyclic) bond motifs is 9. The van der Waals surface area contributed by atoms with Crippen LogP contribution >= 0.6 is 0 Å². The van der Waals surface area contributed by atoms with Crippen molar-refractivity contribution in [2.45, 2.75) is 57.9 Å². The van der Waals surface area contributed by atoms with Crippen molar-refractivity contribution in [2.75, 3.05) is 52.8 Å². The number of nitrogens with zero attached hydrogens (tertiary/aromatic N) is 3. The van der Waals surface area contributed by atoms with E-state index in [9.17, 15) is 19.2 Å². The van der Waals surface area contributed by atoms with Crippen LogP contribution in [0.15, 0.2) is 48.5 Å². The highest BCUT2D eigenvalue weighted by molar-refractivity contribution is 6.12. The summed E-state index contributed by atoms with van der Waals surface area (Å²) in [7, 11) is 0. The number of hydrogen-bond donors (Lipinski definition) is 5. The average Bonchev–Trinajstić information content (AvgIpc) is 3.98. The summed E-state index contributed by atoms with van der Waals surface area (Å²) in [6.07, 6.45) is 5.16. The summed E-state index contributed by atoms with van der Waals surface area (Å²) in [5.41, 5.74) is 10.8. The van der Waals surface area contributed by atoms with E-state index in [2.05, 4.69) is 20.6 Å². The Morgan fingerprint density at radius 1 is 0.731 bits per heavy atom. The summed E-state index contributed by atoms with van der Waals surface area (Å²) in [6.45, 7) is 4.08. The second-order valence-corrected chi connectivity index (χ2v) is 14.3. The molecule has 6 heterocycles. The Kier molecular flexibility index (Phi) is 7.80. The number of rotatable bonds is 8. The summed E-state index contributed by atoms with van der Waals surface area (Å²) >= 11 is 0. The number of amides is 4. The number of anilines is 4. The lowest BCUT2D eigenvalue weighted by Gasteiger charge is -2.21. The zero-order valence-corrected chi connectivity index (χ0v) is 29.1. The van der Waals surface area contributed by atoms with Gasteiger partial charge in [0.15, 0.2) is 0 Å². The third-order valence-electron chi connectivity index (χ3n) is 11.3. The smallest absolute Gasteiger partial charge is 0.274 e. The molecule has 1 unspecified atom stereocenters. The fraction of sp³-hybridized carbons (Fsp3) is 0.350. The Balaban J connectivity index is 0.919. The number of aliphatic hydroxyl groups excluding tert-OH is 1. The van der Waals surface area contributed by atoms with E-state index in [0.29, 0.717) is 56.8 Å². The van der Waals surface area contributed by atoms with Gasteiger partial charge in [-0.1, -0.05) is 0 Å². The SMILES string of the molecule is CC(=O)N1CCc2c1ccc1c2CC(C(=O)N2CCc3c2ccc2[nH]c(C(=O)N4CCc5c4ccc4[nH]c(C(=O)NCCCCCO)cc54)cc32)N1. The van der Waals surface area contributed by atoms with Crippen LogP contribution < -0.4 is 25.3 Å². The molecule has 0 spiro atoms. The lowest BCUT2D eigenvalue weighted by molar-refractivity contribution is -0.119. The molecule has 5 aromatic rings. The summed E-state index contributed by atoms with van der Waals surface area (Å²) in [6, 6.07) is 15.2. The molecule has 3 aromatic carbocycles. The van der Waals surface area contributed by atoms with Gasteiger partial charge in [0.05, 0.1) is 0 Å². The first kappa shape index (κ1) is 32.3. The Morgan fingerprint density at radius 3 is 2.08 bits per heavy atom. The summed E-state index contributed by atoms with van der Waals surface area (Å²) in [5.74, 6) is -0.219. The van der Waals surface area contributed by atoms with Crippen molar-refractivity contribution in [1.82, 2.24) is 15.3 Å². The second kappa shape index (κ2) is 12.6. The number of nitrogens with one attached hydrogen (secondary N) is 4. The zero-order chi connectivity index (χ0) is 35.7. The summed E-state index contributed by atoms with van der Waals surface area (Å²) in [4.78, 5) is 65.1. The Hall–Kier alpha value is -5.62. The van der Waals surface area contributed by atoms with Crippen LogP contribution in [0.3, 0.4) is 0 Å². The van der Waals surface area contributed by atoms with E-state index in [1.807, 2.05) is 58.3 Å². The van der Waals surface area contributed by atoms with Crippen molar-refractivity contribution < 1.29 is 24.3 Å². The molecule has 0 aliphatic carbocycles. The molecule has 12 heteroatoms. The Labute approximate surface area is 300 Å². The molecule has 9 rings (SSSR count). The quantitative estimate of drug-likeness (QED) is 0.150. The van der Waals surface area contributed by atoms with Gasteiger partial charge >= 0.3 is 0 Å². The van der Waals surface area contributed by atoms with Crippen LogP contribution in [0.4, 0.5) is 22.7 Å². The molecule has 0 saturated heterocycles. The predicted molar refractivity (Wildman–Crippen MR) is 201 cm³/mol. The molecular weight excluding hydrogens is 658 g/mol. The molecule has 2 aromatic heterocycles. The van der Waals surface area contributed by atoms with Crippen molar-refractivity contribution in [3.8, 4) is 0 Å². The molecule has 12 nitrogen and oxygen atoms in total. The van der Waals surface area contributed by atoms with Gasteiger partial charge in [0.2, 0.25) is 11.8 Å². The van der Waals surface area contributed by atoms with Crippen LogP contribution in [0, 0.1) is 0 Å². The lowest BCUT2D eigenvalue weighted by atomic mass is 10.0. The van der Waals surface area contributed by atoms with E-state index < -0.39 is 0 Å². The number of aliphatic hydroxyl groups is 1. The van der Waals surface area contributed by atoms with Gasteiger partial charge in [-0.15, -0.1) is 0 Å². The molecule has 5 N–H and O–H groups in total. The molecule has 0 bridgehead atoms. The molecular formula is C40H41N7O5. The van der Waals surface area contributed by atoms with E-state index in [0.717, 1.165) is 92.5 Å². The van der Waals surface area contributed by atoms with Gasteiger partial charge in [0.25, 0.3) is 11.8 Å². The van der Waals surface area contributed by atoms with Crippen LogP contribution in [0.1, 0.15) is 69.4 Å². The molecule has 4 aliphatic rings. The molecule has 4 aliphatic heterocycles. The minimum absolute atomic E-state index is 0.0275. The van der Waals surface area contributed by atoms with Gasteiger partial charge < -0.3 is 40.4 Å². The summed E-state index contributed by atoms with van der Waals surface area (Å²) in [5, 5.41) is 17.3. The maximum absolute atomic E-state index is 14.0. The molecule has 52 heavy (non-hydrogen) atoms. The van der Waals surface area contributed by atoms with Gasteiger partial charge in [-0.3, -0.25) is 19.2 Å². The topological polar surface area (TPSA) is 154 Å². The minimum Gasteiger partial charge on any atom is -0.396 e. The van der Waals surface area contributed by atoms with Crippen molar-refractivity contribution in [3.63, 3.8) is 0 Å². The third-order valence-corrected chi connectivity index (χ3v) is 11.3. The van der Waals surface area contributed by atoms with E-state index in [1.165, 1.54) is 0 Å². The van der Waals surface area contributed by atoms with Crippen LogP contribution in [0.2, 0.25) is 0 Å². The Bertz CT molecular complexity index is 2320. The number of H-pyrrole nitrogens is 2. The van der Waals surface area contributed by atoms with Gasteiger partial charge in [0, 0.05) is 90.7 Å². The lowest BCUT2D eigenvalue weighted by Crippen LogP contribution is -2.41. The normalized spacial score (nSPS) is 17.0. The van der Waals surface area contributed by atoms with Crippen LogP contribution in [-0.4, -0.2) is 77.5 Å². The zero-order valence-electron chi connectivity index (χ0n) is 29.1. The van der Waals surface area contributed by atoms with Crippen molar-refractivity contribution in [3.05, 3.63) is 82.2 Å². The number of hydrogen-bond acceptors (Lipinski definition) is 6. The highest BCUT2D eigenvalue weighted by atomic mass is 16.3. The van der Waals surface area contributed by atoms with Crippen LogP contribution in [-0.2, 0) is 35.3 Å². The van der Waals surface area contributed by atoms with Gasteiger partial charge in [-0.25, -0.2) is 0 Å². The minimum atomic E-state index is -0.382. The second-order valence-electron chi connectivity index (χ2n) is 14.3. The van der Waals surface area contributed by atoms with Crippen molar-refractivity contribution in [1.29, 1.82) is 0 Å². The molecule has 1 atom stereocenters. The van der Waals surface area contributed by atoms with E-state index >= 15 is 0 Å². The van der Waals surface area contributed by atoms with E-state index in [1.54, 1.807) is 11.8 Å². The standard InChI is InChI=1S/C40H41N7O5/c1-22(49)45-15-11-23-27-20-33(43-30(27)5-8-35(23)45)39(51)47-17-13-25-28-21-34(44-31(28)7-10-37(25)47)40(52)46-16-12-24-26-19-32(42-29(26)6-9-36(24)46)38(50)41-14-3-2-4-18-48/h5-10,19,21,33,42-44,48H,2-4,11-18,20H2,1H3,(H,41,50). The Morgan fingerprint density at radius 2 is 1.35 bits per heavy atom. The van der Waals surface area contributed by atoms with E-state index in [4.69, 9.17) is 5.11 Å². The number of aromatic amines is 2. The number of carbonyl (C=O) groups is 4. The van der Waals surface area contributed by atoms with Gasteiger partial charge in [-0.2, -0.15) is 0 Å². The highest BCUT2D eigenvalue weighted by Gasteiger charge is 2.38. The number of aromatic nitrogens is 2. The first-order chi connectivity index (χ1) is 25.3. The maximum Gasteiger partial charge on any atom is 0.274 e. The maximum atomic E-state index is 14.0. The largest absolute Gasteiger partial charge is 0.396 e. The van der Waals surface area contributed by atoms with Crippen molar-refractivity contribution in [2.24, 2.45) is 0 Å². The molecule has 0 radical (unpaired) electrons. The fourth-order valence-electron chi connectivity index (χ4n) is 8.79. The number of unbranched alkanes of at least 4 members (excludes halogenated alkanes) is 2. The highest BCUT2D eigenvalue weighted by Crippen LogP contribution is 2.42. The van der Waals surface area contributed by atoms with Gasteiger partial charge in [-0.05, 0) is 109 Å². The van der Waals surface area contributed by atoms with Gasteiger partial charge in [0.1, 0.15) is 17.4 Å². The molecule has 266 valence electrons. The van der Waals surface area contributed by atoms with Crippen LogP contribution in [0.5, 0.6) is 0 Å². The monoisotopic (exact) mass is 699 g/mol. The van der Waals surface area contributed by atoms with E-state index in [-0.39, 0.29) is 36.3 Å². The number of carbonyl (C=O) groups excluding carboxylic acids is 4. The molecule has 0 saturated carbocycles. The molecule has 4 amide bonds. The molecule has 0 fully saturated rings. The number of benzene rings is 3. The first-order valence-electron chi connectivity index (χ1n) is 18.3. The van der Waals surface area contributed by atoms with Crippen LogP contribution in [0.25, 0.3) is 21.8 Å². The predicted octanol–water partition coefficient (Wildman–Crippen LogP) is 4.58. The third kappa shape index (κ3) is 5.15. The average molecular weight is 700 g/mol. The van der Waals surface area contributed by atoms with Crippen molar-refractivity contribution >= 4 is 68.2 Å². The summed E-state index contributed by atoms with van der Waals surface area (Å²) < 4.78 is 0.